The highest BCUT2D eigenvalue weighted by Gasteiger charge is 1.94. The second kappa shape index (κ2) is 5.43. The molecule has 0 spiro atoms. The molecule has 1 unspecified atom stereocenters. The fourth-order valence-corrected chi connectivity index (χ4v) is 1.08. The molecular formula is C12H17NO. The highest BCUT2D eigenvalue weighted by Crippen LogP contribution is 1.99. The van der Waals surface area contributed by atoms with Gasteiger partial charge in [0.1, 0.15) is 5.35 Å². The van der Waals surface area contributed by atoms with Crippen LogP contribution in [0.25, 0.3) is 12.2 Å². The summed E-state index contributed by atoms with van der Waals surface area (Å²) in [5.41, 5.74) is 0.836. The van der Waals surface area contributed by atoms with Crippen LogP contribution in [0, 0.1) is 5.92 Å². The van der Waals surface area contributed by atoms with Gasteiger partial charge in [-0.2, -0.15) is 0 Å². The van der Waals surface area contributed by atoms with E-state index in [1.165, 1.54) is 6.39 Å². The van der Waals surface area contributed by atoms with E-state index < -0.39 is 0 Å². The molecule has 2 nitrogen and oxygen atoms in total. The van der Waals surface area contributed by atoms with Gasteiger partial charge < -0.3 is 4.42 Å². The Balaban J connectivity index is 3.10. The Bertz CT molecular complexity index is 400. The first-order valence-electron chi connectivity index (χ1n) is 5.02. The standard InChI is InChI=1S/C12H17NO/c1-4-6-7-12-11(13-9-14-12)8-10(3)5-2/h4,6-10H,5H2,1-3H3/b6-4-,11-8+,12-7+. The van der Waals surface area contributed by atoms with Crippen molar-refractivity contribution in [2.75, 3.05) is 0 Å². The molecule has 0 amide bonds. The maximum atomic E-state index is 5.26. The first-order valence-corrected chi connectivity index (χ1v) is 5.02. The second-order valence-electron chi connectivity index (χ2n) is 3.35. The van der Waals surface area contributed by atoms with Crippen LogP contribution in [0.4, 0.5) is 0 Å². The molecule has 0 aromatic carbocycles. The third kappa shape index (κ3) is 2.87. The van der Waals surface area contributed by atoms with Crippen molar-refractivity contribution in [1.29, 1.82) is 0 Å². The van der Waals surface area contributed by atoms with Gasteiger partial charge in [0.2, 0.25) is 0 Å². The SMILES string of the molecule is C\C=C/C=c1/ocn/c1=C/C(C)CC. The molecule has 0 aliphatic heterocycles. The molecule has 76 valence electrons. The quantitative estimate of drug-likeness (QED) is 0.729. The summed E-state index contributed by atoms with van der Waals surface area (Å²) in [7, 11) is 0. The minimum absolute atomic E-state index is 0.540. The van der Waals surface area contributed by atoms with E-state index in [0.717, 1.165) is 17.2 Å². The minimum atomic E-state index is 0.540. The third-order valence-corrected chi connectivity index (χ3v) is 2.15. The number of hydrogen-bond donors (Lipinski definition) is 0. The molecule has 0 bridgehead atoms. The van der Waals surface area contributed by atoms with Gasteiger partial charge in [-0.3, -0.25) is 0 Å². The summed E-state index contributed by atoms with van der Waals surface area (Å²) in [6.45, 7) is 6.32. The Morgan fingerprint density at radius 3 is 3.00 bits per heavy atom. The number of hydrogen-bond acceptors (Lipinski definition) is 2. The molecule has 0 N–H and O–H groups in total. The lowest BCUT2D eigenvalue weighted by atomic mass is 10.1. The molecule has 0 radical (unpaired) electrons. The molecule has 14 heavy (non-hydrogen) atoms. The zero-order valence-electron chi connectivity index (χ0n) is 9.03. The molecule has 0 aliphatic carbocycles. The van der Waals surface area contributed by atoms with Crippen LogP contribution in [-0.2, 0) is 0 Å². The maximum absolute atomic E-state index is 5.26. The van der Waals surface area contributed by atoms with Gasteiger partial charge >= 0.3 is 0 Å². The predicted molar refractivity (Wildman–Crippen MR) is 59.0 cm³/mol. The highest BCUT2D eigenvalue weighted by molar-refractivity contribution is 5.34. The first-order chi connectivity index (χ1) is 6.77. The minimum Gasteiger partial charge on any atom is -0.443 e. The summed E-state index contributed by atoms with van der Waals surface area (Å²) in [5.74, 6) is 0.540. The van der Waals surface area contributed by atoms with Crippen molar-refractivity contribution in [3.63, 3.8) is 0 Å². The zero-order chi connectivity index (χ0) is 10.4. The lowest BCUT2D eigenvalue weighted by Crippen LogP contribution is -2.22. The molecule has 0 fully saturated rings. The largest absolute Gasteiger partial charge is 0.443 e. The van der Waals surface area contributed by atoms with Crippen LogP contribution in [0.2, 0.25) is 0 Å². The van der Waals surface area contributed by atoms with Crippen LogP contribution >= 0.6 is 0 Å². The molecule has 0 saturated heterocycles. The summed E-state index contributed by atoms with van der Waals surface area (Å²) in [6.07, 6.45) is 10.6. The predicted octanol–water partition coefficient (Wildman–Crippen LogP) is 1.86. The number of aromatic nitrogens is 1. The van der Waals surface area contributed by atoms with Crippen LogP contribution in [-0.4, -0.2) is 4.98 Å². The number of allylic oxidation sites excluding steroid dienone is 2. The lowest BCUT2D eigenvalue weighted by molar-refractivity contribution is 0.524. The van der Waals surface area contributed by atoms with Gasteiger partial charge in [0, 0.05) is 0 Å². The smallest absolute Gasteiger partial charge is 0.181 e. The normalized spacial score (nSPS) is 16.8. The average Bonchev–Trinajstić information content (AvgIpc) is 2.62. The molecule has 1 atom stereocenters. The number of oxazole rings is 1. The maximum Gasteiger partial charge on any atom is 0.181 e. The lowest BCUT2D eigenvalue weighted by Gasteiger charge is -1.96. The van der Waals surface area contributed by atoms with Gasteiger partial charge in [-0.05, 0) is 18.9 Å². The molecular weight excluding hydrogens is 174 g/mol. The van der Waals surface area contributed by atoms with Crippen molar-refractivity contribution in [2.45, 2.75) is 27.2 Å². The molecule has 1 heterocycles. The van der Waals surface area contributed by atoms with Gasteiger partial charge in [-0.25, -0.2) is 4.98 Å². The molecule has 0 saturated carbocycles. The topological polar surface area (TPSA) is 26.0 Å². The van der Waals surface area contributed by atoms with Crippen molar-refractivity contribution >= 4 is 12.2 Å². The molecule has 0 aliphatic rings. The van der Waals surface area contributed by atoms with E-state index in [1.807, 2.05) is 25.2 Å². The van der Waals surface area contributed by atoms with Crippen LogP contribution in [0.15, 0.2) is 23.0 Å². The van der Waals surface area contributed by atoms with E-state index in [0.29, 0.717) is 5.92 Å². The van der Waals surface area contributed by atoms with Crippen LogP contribution in [0.1, 0.15) is 27.2 Å². The molecule has 2 heteroatoms. The Labute approximate surface area is 84.7 Å². The third-order valence-electron chi connectivity index (χ3n) is 2.15. The Kier molecular flexibility index (Phi) is 4.17. The van der Waals surface area contributed by atoms with Crippen LogP contribution in [0.5, 0.6) is 0 Å². The van der Waals surface area contributed by atoms with E-state index in [-0.39, 0.29) is 0 Å². The van der Waals surface area contributed by atoms with Crippen LogP contribution in [0.3, 0.4) is 0 Å². The molecule has 1 aromatic heterocycles. The van der Waals surface area contributed by atoms with Gasteiger partial charge in [-0.15, -0.1) is 0 Å². The summed E-state index contributed by atoms with van der Waals surface area (Å²) >= 11 is 0. The van der Waals surface area contributed by atoms with Crippen molar-refractivity contribution in [1.82, 2.24) is 4.98 Å². The Morgan fingerprint density at radius 1 is 1.57 bits per heavy atom. The van der Waals surface area contributed by atoms with Gasteiger partial charge in [0.05, 0.1) is 0 Å². The monoisotopic (exact) mass is 191 g/mol. The van der Waals surface area contributed by atoms with E-state index in [9.17, 15) is 0 Å². The van der Waals surface area contributed by atoms with Gasteiger partial charge in [0.15, 0.2) is 11.8 Å². The van der Waals surface area contributed by atoms with E-state index >= 15 is 0 Å². The van der Waals surface area contributed by atoms with E-state index in [1.54, 1.807) is 0 Å². The Hall–Kier alpha value is -1.31. The van der Waals surface area contributed by atoms with E-state index in [2.05, 4.69) is 24.9 Å². The summed E-state index contributed by atoms with van der Waals surface area (Å²) in [5, 5.41) is 0.942. The molecule has 1 aromatic rings. The second-order valence-corrected chi connectivity index (χ2v) is 3.35. The van der Waals surface area contributed by atoms with Gasteiger partial charge in [0.25, 0.3) is 0 Å². The Morgan fingerprint density at radius 2 is 2.36 bits per heavy atom. The highest BCUT2D eigenvalue weighted by atomic mass is 16.3. The summed E-state index contributed by atoms with van der Waals surface area (Å²) in [4.78, 5) is 4.17. The van der Waals surface area contributed by atoms with Crippen molar-refractivity contribution in [3.8, 4) is 0 Å². The van der Waals surface area contributed by atoms with Crippen molar-refractivity contribution < 1.29 is 4.42 Å². The average molecular weight is 191 g/mol. The molecule has 1 rings (SSSR count). The summed E-state index contributed by atoms with van der Waals surface area (Å²) in [6, 6.07) is 0. The van der Waals surface area contributed by atoms with Crippen LogP contribution < -0.4 is 10.8 Å². The first kappa shape index (κ1) is 10.8. The summed E-state index contributed by atoms with van der Waals surface area (Å²) < 4.78 is 5.26. The van der Waals surface area contributed by atoms with Crippen molar-refractivity contribution in [2.24, 2.45) is 5.92 Å². The van der Waals surface area contributed by atoms with Gasteiger partial charge in [-0.1, -0.05) is 38.5 Å². The number of nitrogens with zero attached hydrogens (tertiary/aromatic N) is 1. The fourth-order valence-electron chi connectivity index (χ4n) is 1.08. The fraction of sp³-hybridized carbons (Fsp3) is 0.417. The zero-order valence-corrected chi connectivity index (χ0v) is 9.03. The number of rotatable bonds is 3. The van der Waals surface area contributed by atoms with E-state index in [4.69, 9.17) is 4.42 Å². The van der Waals surface area contributed by atoms with Crippen molar-refractivity contribution in [3.05, 3.63) is 29.3 Å².